The maximum absolute atomic E-state index is 13.3. The Morgan fingerprint density at radius 2 is 1.80 bits per heavy atom. The van der Waals surface area contributed by atoms with Crippen molar-refractivity contribution in [1.29, 1.82) is 0 Å². The average molecular weight is 656 g/mol. The molecule has 5 heterocycles. The number of nitrogens with one attached hydrogen (secondary N) is 2. The lowest BCUT2D eigenvalue weighted by Crippen LogP contribution is -2.56. The summed E-state index contributed by atoms with van der Waals surface area (Å²) in [5.41, 5.74) is -0.889. The zero-order valence-corrected chi connectivity index (χ0v) is 26.4. The maximum atomic E-state index is 13.3. The molecule has 3 aliphatic heterocycles. The highest BCUT2D eigenvalue weighted by atomic mass is 35.5. The van der Waals surface area contributed by atoms with Gasteiger partial charge in [0, 0.05) is 73.0 Å². The van der Waals surface area contributed by atoms with Gasteiger partial charge in [0.15, 0.2) is 0 Å². The number of benzene rings is 1. The predicted octanol–water partition coefficient (Wildman–Crippen LogP) is 5.11. The minimum absolute atomic E-state index is 0.129. The molecule has 1 saturated carbocycles. The molecule has 1 amide bonds. The molecule has 13 heteroatoms. The Hall–Kier alpha value is -3.32. The first-order valence-electron chi connectivity index (χ1n) is 16.2. The van der Waals surface area contributed by atoms with E-state index >= 15 is 0 Å². The summed E-state index contributed by atoms with van der Waals surface area (Å²) in [6.45, 7) is 5.60. The van der Waals surface area contributed by atoms with Crippen molar-refractivity contribution in [2.45, 2.75) is 68.7 Å². The highest BCUT2D eigenvalue weighted by molar-refractivity contribution is 6.20. The van der Waals surface area contributed by atoms with Crippen LogP contribution >= 0.6 is 11.6 Å². The van der Waals surface area contributed by atoms with Gasteiger partial charge >= 0.3 is 5.57 Å². The van der Waals surface area contributed by atoms with Crippen molar-refractivity contribution in [3.8, 4) is 16.9 Å². The number of rotatable bonds is 8. The molecule has 1 atom stereocenters. The molecule has 1 spiro atoms. The van der Waals surface area contributed by atoms with Crippen molar-refractivity contribution < 1.29 is 23.4 Å². The third-order valence-electron chi connectivity index (χ3n) is 10.2. The van der Waals surface area contributed by atoms with Gasteiger partial charge in [-0.1, -0.05) is 0 Å². The van der Waals surface area contributed by atoms with Crippen molar-refractivity contribution in [2.75, 3.05) is 49.5 Å². The highest BCUT2D eigenvalue weighted by Gasteiger charge is 2.47. The first-order valence-corrected chi connectivity index (χ1v) is 16.6. The van der Waals surface area contributed by atoms with Gasteiger partial charge in [0.1, 0.15) is 11.6 Å². The number of aliphatic hydroxyl groups excluding tert-OH is 1. The molecular weight excluding hydrogens is 616 g/mol. The summed E-state index contributed by atoms with van der Waals surface area (Å²) in [7, 11) is 0. The third kappa shape index (κ3) is 6.85. The number of hydrogen-bond donors (Lipinski definition) is 3. The monoisotopic (exact) mass is 655 g/mol. The van der Waals surface area contributed by atoms with Crippen LogP contribution in [0.5, 0.6) is 5.75 Å². The summed E-state index contributed by atoms with van der Waals surface area (Å²) in [5, 5.41) is 21.3. The van der Waals surface area contributed by atoms with Gasteiger partial charge in [-0.15, -0.1) is 8.78 Å². The number of hydrogen-bond acceptors (Lipinski definition) is 8. The number of anilines is 2. The molecule has 3 saturated heterocycles. The van der Waals surface area contributed by atoms with Crippen molar-refractivity contribution in [1.82, 2.24) is 25.0 Å². The van der Waals surface area contributed by atoms with Crippen LogP contribution in [0.1, 0.15) is 61.3 Å². The Balaban J connectivity index is 1.04. The lowest BCUT2D eigenvalue weighted by molar-refractivity contribution is -0.0964. The van der Waals surface area contributed by atoms with Gasteiger partial charge in [0.25, 0.3) is 5.91 Å². The lowest BCUT2D eigenvalue weighted by atomic mass is 9.60. The quantitative estimate of drug-likeness (QED) is 0.288. The number of amides is 1. The Morgan fingerprint density at radius 3 is 2.48 bits per heavy atom. The van der Waals surface area contributed by atoms with E-state index in [1.165, 1.54) is 56.1 Å². The zero-order chi connectivity index (χ0) is 31.9. The topological polar surface area (TPSA) is 108 Å². The van der Waals surface area contributed by atoms with Crippen LogP contribution in [-0.2, 0) is 0 Å². The molecule has 4 fully saturated rings. The maximum Gasteiger partial charge on any atom is 0.487 e. The molecule has 46 heavy (non-hydrogen) atoms. The standard InChI is InChI=1S/C33H40ClF2N7O3/c34-33(35,36)46-28-3-1-24(2-4-28)40-31(45)22-15-29(30(38-18-22)42-14-7-27(44)21-42)23-19-39-43(20-23)25-5-12-41(13-6-25)26-16-32(17-26)8-10-37-11-9-32/h1-4,15,18-20,25-27,37,44H,5-14,16-17,21H2,(H,40,45)/t27-/m1/s1. The van der Waals surface area contributed by atoms with E-state index in [9.17, 15) is 18.7 Å². The molecule has 1 aromatic carbocycles. The molecule has 0 unspecified atom stereocenters. The SMILES string of the molecule is O=C(Nc1ccc(OC(F)(F)Cl)cc1)c1cnc(N2CC[C@@H](O)C2)c(-c2cnn(C3CCN(C4CC5(CCNCC5)C4)CC3)c2)c1. The molecule has 3 aromatic rings. The zero-order valence-electron chi connectivity index (χ0n) is 25.7. The number of ether oxygens (including phenoxy) is 1. The Bertz CT molecular complexity index is 1530. The van der Waals surface area contributed by atoms with Gasteiger partial charge in [-0.3, -0.25) is 9.48 Å². The van der Waals surface area contributed by atoms with Gasteiger partial charge in [0.2, 0.25) is 0 Å². The van der Waals surface area contributed by atoms with Crippen LogP contribution in [0.25, 0.3) is 11.1 Å². The van der Waals surface area contributed by atoms with Crippen LogP contribution in [-0.4, -0.2) is 87.7 Å². The molecule has 2 aromatic heterocycles. The van der Waals surface area contributed by atoms with E-state index in [4.69, 9.17) is 16.7 Å². The Morgan fingerprint density at radius 1 is 1.07 bits per heavy atom. The van der Waals surface area contributed by atoms with E-state index in [0.29, 0.717) is 54.1 Å². The lowest BCUT2D eigenvalue weighted by Gasteiger charge is -2.55. The molecule has 0 bridgehead atoms. The number of aromatic nitrogens is 3. The highest BCUT2D eigenvalue weighted by Crippen LogP contribution is 2.50. The van der Waals surface area contributed by atoms with Crippen LogP contribution in [0.3, 0.4) is 0 Å². The van der Waals surface area contributed by atoms with E-state index in [-0.39, 0.29) is 5.75 Å². The van der Waals surface area contributed by atoms with E-state index in [1.807, 2.05) is 17.3 Å². The van der Waals surface area contributed by atoms with Crippen LogP contribution in [0.2, 0.25) is 0 Å². The molecule has 1 aliphatic carbocycles. The van der Waals surface area contributed by atoms with Gasteiger partial charge < -0.3 is 30.3 Å². The van der Waals surface area contributed by atoms with E-state index < -0.39 is 17.6 Å². The van der Waals surface area contributed by atoms with Crippen LogP contribution in [0.4, 0.5) is 20.3 Å². The molecule has 7 rings (SSSR count). The fourth-order valence-electron chi connectivity index (χ4n) is 7.68. The van der Waals surface area contributed by atoms with Crippen LogP contribution < -0.4 is 20.3 Å². The van der Waals surface area contributed by atoms with Crippen molar-refractivity contribution >= 4 is 29.0 Å². The van der Waals surface area contributed by atoms with Crippen molar-refractivity contribution in [2.24, 2.45) is 5.41 Å². The number of carbonyl (C=O) groups is 1. The number of likely N-dealkylation sites (tertiary alicyclic amines) is 1. The minimum Gasteiger partial charge on any atom is -0.420 e. The molecule has 10 nitrogen and oxygen atoms in total. The van der Waals surface area contributed by atoms with Gasteiger partial charge in [0.05, 0.1) is 23.9 Å². The largest absolute Gasteiger partial charge is 0.487 e. The van der Waals surface area contributed by atoms with E-state index in [1.54, 1.807) is 6.07 Å². The second-order valence-electron chi connectivity index (χ2n) is 13.3. The Labute approximate surface area is 272 Å². The number of alkyl halides is 3. The number of β-amino-alcohol motifs (C(OH)–C–C–N with tert-alkyl or cyclic N) is 1. The summed E-state index contributed by atoms with van der Waals surface area (Å²) in [5.74, 6) is 0.165. The summed E-state index contributed by atoms with van der Waals surface area (Å²) >= 11 is 4.84. The summed E-state index contributed by atoms with van der Waals surface area (Å²) in [6.07, 6.45) is 13.0. The number of carbonyl (C=O) groups excluding carboxylic acids is 1. The van der Waals surface area contributed by atoms with E-state index in [2.05, 4.69) is 29.9 Å². The van der Waals surface area contributed by atoms with Gasteiger partial charge in [-0.05, 0) is 93.8 Å². The molecule has 4 aliphatic rings. The number of piperidine rings is 2. The van der Waals surface area contributed by atoms with Crippen LogP contribution in [0, 0.1) is 5.41 Å². The number of aliphatic hydroxyl groups is 1. The summed E-state index contributed by atoms with van der Waals surface area (Å²) in [4.78, 5) is 22.7. The molecular formula is C33H40ClF2N7O3. The van der Waals surface area contributed by atoms with Crippen molar-refractivity contribution in [3.05, 3.63) is 54.5 Å². The fraction of sp³-hybridized carbons (Fsp3) is 0.545. The third-order valence-corrected chi connectivity index (χ3v) is 10.3. The van der Waals surface area contributed by atoms with Gasteiger partial charge in [-0.25, -0.2) is 4.98 Å². The molecule has 3 N–H and O–H groups in total. The molecule has 246 valence electrons. The normalized spacial score (nSPS) is 22.6. The smallest absolute Gasteiger partial charge is 0.420 e. The average Bonchev–Trinajstić information content (AvgIpc) is 3.70. The van der Waals surface area contributed by atoms with Gasteiger partial charge in [-0.2, -0.15) is 5.10 Å². The van der Waals surface area contributed by atoms with E-state index in [0.717, 1.165) is 50.1 Å². The second kappa shape index (κ2) is 12.7. The Kier molecular flexibility index (Phi) is 8.64. The molecule has 0 radical (unpaired) electrons. The van der Waals surface area contributed by atoms with Crippen molar-refractivity contribution in [3.63, 3.8) is 0 Å². The first-order chi connectivity index (χ1) is 22.1. The minimum atomic E-state index is -3.82. The van der Waals surface area contributed by atoms with Crippen LogP contribution in [0.15, 0.2) is 48.9 Å². The first kappa shape index (κ1) is 31.3. The second-order valence-corrected chi connectivity index (χ2v) is 13.7. The number of nitrogens with zero attached hydrogens (tertiary/aromatic N) is 5. The summed E-state index contributed by atoms with van der Waals surface area (Å²) in [6, 6.07) is 8.32. The predicted molar refractivity (Wildman–Crippen MR) is 172 cm³/mol. The number of halogens is 3. The number of pyridine rings is 1. The summed E-state index contributed by atoms with van der Waals surface area (Å²) < 4.78 is 32.3. The fourth-order valence-corrected chi connectivity index (χ4v) is 7.77.